The number of hydrogen-bond acceptors (Lipinski definition) is 2. The molecule has 0 saturated carbocycles. The molecule has 1 aromatic rings. The van der Waals surface area contributed by atoms with E-state index in [1.165, 1.54) is 0 Å². The number of likely N-dealkylation sites (tertiary alicyclic amines) is 1. The molecule has 124 valence electrons. The second kappa shape index (κ2) is 7.87. The number of piperidine rings is 1. The van der Waals surface area contributed by atoms with Crippen molar-refractivity contribution in [1.82, 2.24) is 4.90 Å². The molecule has 1 aliphatic rings. The lowest BCUT2D eigenvalue weighted by Crippen LogP contribution is -2.54. The van der Waals surface area contributed by atoms with Gasteiger partial charge in [-0.25, -0.2) is 0 Å². The molecule has 6 heteroatoms. The Morgan fingerprint density at radius 3 is 2.64 bits per heavy atom. The van der Waals surface area contributed by atoms with Crippen LogP contribution in [0.3, 0.4) is 0 Å². The highest BCUT2D eigenvalue weighted by Crippen LogP contribution is 2.28. The maximum absolute atomic E-state index is 12.3. The zero-order chi connectivity index (χ0) is 15.6. The average Bonchev–Trinajstić information content (AvgIpc) is 2.42. The minimum atomic E-state index is -0.0164. The van der Waals surface area contributed by atoms with Crippen LogP contribution in [-0.4, -0.2) is 29.9 Å². The monoisotopic (exact) mass is 364 g/mol. The van der Waals surface area contributed by atoms with Gasteiger partial charge in [0.1, 0.15) is 0 Å². The summed E-state index contributed by atoms with van der Waals surface area (Å²) in [5.41, 5.74) is 7.12. The predicted molar refractivity (Wildman–Crippen MR) is 95.0 cm³/mol. The zero-order valence-electron chi connectivity index (χ0n) is 12.9. The van der Waals surface area contributed by atoms with Crippen molar-refractivity contribution in [3.05, 3.63) is 33.8 Å². The number of nitrogens with zero attached hydrogens (tertiary/aromatic N) is 1. The molecule has 0 aliphatic carbocycles. The number of rotatable bonds is 3. The highest BCUT2D eigenvalue weighted by molar-refractivity contribution is 6.42. The van der Waals surface area contributed by atoms with Gasteiger partial charge >= 0.3 is 0 Å². The summed E-state index contributed by atoms with van der Waals surface area (Å²) >= 11 is 11.9. The Morgan fingerprint density at radius 1 is 1.36 bits per heavy atom. The topological polar surface area (TPSA) is 46.3 Å². The Bertz CT molecular complexity index is 534. The summed E-state index contributed by atoms with van der Waals surface area (Å²) in [5.74, 6) is 0.182. The number of carbonyl (C=O) groups is 1. The third kappa shape index (κ3) is 4.76. The van der Waals surface area contributed by atoms with Crippen molar-refractivity contribution in [3.63, 3.8) is 0 Å². The fourth-order valence-electron chi connectivity index (χ4n) is 2.69. The molecule has 1 atom stereocenters. The first-order valence-corrected chi connectivity index (χ1v) is 8.02. The van der Waals surface area contributed by atoms with Crippen molar-refractivity contribution in [2.24, 2.45) is 11.1 Å². The number of halogens is 3. The second-order valence-corrected chi connectivity index (χ2v) is 7.26. The van der Waals surface area contributed by atoms with Gasteiger partial charge in [-0.05, 0) is 36.0 Å². The summed E-state index contributed by atoms with van der Waals surface area (Å²) in [6, 6.07) is 5.67. The summed E-state index contributed by atoms with van der Waals surface area (Å²) in [7, 11) is 0. The van der Waals surface area contributed by atoms with Gasteiger partial charge in [-0.2, -0.15) is 0 Å². The van der Waals surface area contributed by atoms with E-state index >= 15 is 0 Å². The van der Waals surface area contributed by atoms with Gasteiger partial charge in [0.2, 0.25) is 5.91 Å². The van der Waals surface area contributed by atoms with Crippen LogP contribution in [-0.2, 0) is 11.2 Å². The van der Waals surface area contributed by atoms with Gasteiger partial charge in [-0.3, -0.25) is 4.79 Å². The van der Waals surface area contributed by atoms with E-state index in [2.05, 4.69) is 13.8 Å². The summed E-state index contributed by atoms with van der Waals surface area (Å²) in [6.07, 6.45) is 2.04. The predicted octanol–water partition coefficient (Wildman–Crippen LogP) is 3.93. The Morgan fingerprint density at radius 2 is 2.05 bits per heavy atom. The van der Waals surface area contributed by atoms with Gasteiger partial charge in [0.25, 0.3) is 0 Å². The third-order valence-corrected chi connectivity index (χ3v) is 5.02. The molecule has 1 aromatic carbocycles. The van der Waals surface area contributed by atoms with Crippen molar-refractivity contribution < 1.29 is 4.79 Å². The molecule has 1 heterocycles. The second-order valence-electron chi connectivity index (χ2n) is 6.45. The van der Waals surface area contributed by atoms with E-state index in [0.717, 1.165) is 25.1 Å². The minimum absolute atomic E-state index is 0. The van der Waals surface area contributed by atoms with Crippen LogP contribution in [0.2, 0.25) is 10.0 Å². The van der Waals surface area contributed by atoms with Crippen LogP contribution in [0.4, 0.5) is 0 Å². The Hall–Kier alpha value is -0.480. The fourth-order valence-corrected chi connectivity index (χ4v) is 3.01. The molecular formula is C16H23Cl3N2O. The van der Waals surface area contributed by atoms with Crippen molar-refractivity contribution in [2.45, 2.75) is 39.2 Å². The molecule has 1 aliphatic heterocycles. The fraction of sp³-hybridized carbons (Fsp3) is 0.562. The minimum Gasteiger partial charge on any atom is -0.342 e. The van der Waals surface area contributed by atoms with Crippen molar-refractivity contribution in [1.29, 1.82) is 0 Å². The highest BCUT2D eigenvalue weighted by Gasteiger charge is 2.34. The van der Waals surface area contributed by atoms with Crippen LogP contribution < -0.4 is 5.73 Å². The standard InChI is InChI=1S/C16H22Cl2N2O.ClH/c1-16(2)10-20(8-7-14(16)19)15(21)6-4-11-3-5-12(17)13(18)9-11;/h3,5,9,14H,4,6-8,10,19H2,1-2H3;1H. The quantitative estimate of drug-likeness (QED) is 0.882. The molecule has 3 nitrogen and oxygen atoms in total. The number of benzene rings is 1. The highest BCUT2D eigenvalue weighted by atomic mass is 35.5. The van der Waals surface area contributed by atoms with Crippen molar-refractivity contribution >= 4 is 41.5 Å². The smallest absolute Gasteiger partial charge is 0.222 e. The van der Waals surface area contributed by atoms with E-state index in [0.29, 0.717) is 22.9 Å². The van der Waals surface area contributed by atoms with Crippen LogP contribution in [0.25, 0.3) is 0 Å². The van der Waals surface area contributed by atoms with Crippen LogP contribution in [0.5, 0.6) is 0 Å². The molecule has 1 fully saturated rings. The van der Waals surface area contributed by atoms with E-state index in [1.807, 2.05) is 17.0 Å². The van der Waals surface area contributed by atoms with E-state index in [4.69, 9.17) is 28.9 Å². The van der Waals surface area contributed by atoms with Gasteiger partial charge in [0.15, 0.2) is 0 Å². The first-order valence-electron chi connectivity index (χ1n) is 7.27. The molecule has 1 amide bonds. The number of amides is 1. The molecule has 1 saturated heterocycles. The summed E-state index contributed by atoms with van der Waals surface area (Å²) in [6.45, 7) is 5.73. The first kappa shape index (κ1) is 19.6. The van der Waals surface area contributed by atoms with Crippen LogP contribution in [0.15, 0.2) is 18.2 Å². The lowest BCUT2D eigenvalue weighted by molar-refractivity contribution is -0.134. The molecule has 2 rings (SSSR count). The summed E-state index contributed by atoms with van der Waals surface area (Å²) in [4.78, 5) is 14.3. The number of carbonyl (C=O) groups excluding carboxylic acids is 1. The molecule has 0 spiro atoms. The van der Waals surface area contributed by atoms with E-state index < -0.39 is 0 Å². The van der Waals surface area contributed by atoms with Gasteiger partial charge in [-0.15, -0.1) is 12.4 Å². The largest absolute Gasteiger partial charge is 0.342 e. The Labute approximate surface area is 148 Å². The van der Waals surface area contributed by atoms with Crippen molar-refractivity contribution in [2.75, 3.05) is 13.1 Å². The lowest BCUT2D eigenvalue weighted by Gasteiger charge is -2.42. The SMILES string of the molecule is CC1(C)CN(C(=O)CCc2ccc(Cl)c(Cl)c2)CCC1N.Cl. The van der Waals surface area contributed by atoms with E-state index in [9.17, 15) is 4.79 Å². The molecule has 0 bridgehead atoms. The van der Waals surface area contributed by atoms with Gasteiger partial charge in [0.05, 0.1) is 10.0 Å². The van der Waals surface area contributed by atoms with Gasteiger partial charge in [0, 0.05) is 25.6 Å². The van der Waals surface area contributed by atoms with Crippen LogP contribution in [0, 0.1) is 5.41 Å². The number of aryl methyl sites for hydroxylation is 1. The number of nitrogens with two attached hydrogens (primary N) is 1. The maximum Gasteiger partial charge on any atom is 0.222 e. The Balaban J connectivity index is 0.00000242. The molecule has 22 heavy (non-hydrogen) atoms. The van der Waals surface area contributed by atoms with E-state index in [1.54, 1.807) is 6.07 Å². The maximum atomic E-state index is 12.3. The zero-order valence-corrected chi connectivity index (χ0v) is 15.3. The molecule has 0 aromatic heterocycles. The summed E-state index contributed by atoms with van der Waals surface area (Å²) in [5, 5.41) is 1.07. The molecular weight excluding hydrogens is 343 g/mol. The van der Waals surface area contributed by atoms with Crippen LogP contribution in [0.1, 0.15) is 32.3 Å². The van der Waals surface area contributed by atoms with E-state index in [-0.39, 0.29) is 29.8 Å². The van der Waals surface area contributed by atoms with Gasteiger partial charge in [-0.1, -0.05) is 43.1 Å². The molecule has 2 N–H and O–H groups in total. The third-order valence-electron chi connectivity index (χ3n) is 4.28. The number of hydrogen-bond donors (Lipinski definition) is 1. The lowest BCUT2D eigenvalue weighted by atomic mass is 9.79. The van der Waals surface area contributed by atoms with Gasteiger partial charge < -0.3 is 10.6 Å². The van der Waals surface area contributed by atoms with Crippen molar-refractivity contribution in [3.8, 4) is 0 Å². The normalized spacial score (nSPS) is 20.4. The molecule has 1 unspecified atom stereocenters. The van der Waals surface area contributed by atoms with Crippen LogP contribution >= 0.6 is 35.6 Å². The molecule has 0 radical (unpaired) electrons. The first-order chi connectivity index (χ1) is 9.79. The average molecular weight is 366 g/mol. The Kier molecular flexibility index (Phi) is 7.00. The summed E-state index contributed by atoms with van der Waals surface area (Å²) < 4.78 is 0.